The largest absolute Gasteiger partial charge is 0.307 e. The molecule has 8 heteroatoms. The molecule has 152 valence electrons. The van der Waals surface area contributed by atoms with Crippen LogP contribution in [0.3, 0.4) is 0 Å². The van der Waals surface area contributed by atoms with E-state index >= 15 is 0 Å². The number of nitrogens with one attached hydrogen (secondary N) is 2. The highest BCUT2D eigenvalue weighted by Gasteiger charge is 2.44. The fourth-order valence-electron chi connectivity index (χ4n) is 5.07. The van der Waals surface area contributed by atoms with Crippen LogP contribution < -0.4 is 10.6 Å². The van der Waals surface area contributed by atoms with Crippen molar-refractivity contribution in [2.75, 3.05) is 23.0 Å². The standard InChI is InChI=1S/C18H34N2O4S2/c1-3-17(9-11-25(21,22)13-17)19-15-5-7-16(8-6-15)20-18(4-2)10-12-26(23,24)14-18/h15-16,19-20H,3-14H2,1-2H3. The van der Waals surface area contributed by atoms with Crippen LogP contribution in [0.4, 0.5) is 0 Å². The Labute approximate surface area is 158 Å². The molecule has 2 atom stereocenters. The van der Waals surface area contributed by atoms with Crippen molar-refractivity contribution in [1.82, 2.24) is 10.6 Å². The third-order valence-electron chi connectivity index (χ3n) is 6.88. The molecule has 0 amide bonds. The predicted molar refractivity (Wildman–Crippen MR) is 105 cm³/mol. The average Bonchev–Trinajstić information content (AvgIpc) is 3.06. The quantitative estimate of drug-likeness (QED) is 0.693. The van der Waals surface area contributed by atoms with Crippen LogP contribution in [-0.4, -0.2) is 63.0 Å². The Kier molecular flexibility index (Phi) is 5.80. The van der Waals surface area contributed by atoms with Gasteiger partial charge in [-0.2, -0.15) is 0 Å². The molecule has 1 aliphatic carbocycles. The lowest BCUT2D eigenvalue weighted by atomic mass is 9.85. The molecule has 0 aromatic heterocycles. The van der Waals surface area contributed by atoms with Crippen LogP contribution in [0.2, 0.25) is 0 Å². The lowest BCUT2D eigenvalue weighted by Crippen LogP contribution is -2.55. The van der Waals surface area contributed by atoms with Gasteiger partial charge in [-0.05, 0) is 51.4 Å². The Morgan fingerprint density at radius 1 is 0.731 bits per heavy atom. The maximum Gasteiger partial charge on any atom is 0.152 e. The molecule has 3 rings (SSSR count). The Hall–Kier alpha value is -0.180. The highest BCUT2D eigenvalue weighted by Crippen LogP contribution is 2.32. The molecule has 2 N–H and O–H groups in total. The lowest BCUT2D eigenvalue weighted by molar-refractivity contribution is 0.209. The van der Waals surface area contributed by atoms with E-state index < -0.39 is 19.7 Å². The molecule has 0 bridgehead atoms. The maximum absolute atomic E-state index is 11.9. The molecule has 0 radical (unpaired) electrons. The summed E-state index contributed by atoms with van der Waals surface area (Å²) < 4.78 is 47.7. The van der Waals surface area contributed by atoms with Gasteiger partial charge in [0.25, 0.3) is 0 Å². The van der Waals surface area contributed by atoms with Gasteiger partial charge in [-0.3, -0.25) is 0 Å². The van der Waals surface area contributed by atoms with Crippen molar-refractivity contribution in [3.8, 4) is 0 Å². The predicted octanol–water partition coefficient (Wildman–Crippen LogP) is 1.41. The Bertz CT molecular complexity index is 651. The smallest absolute Gasteiger partial charge is 0.152 e. The monoisotopic (exact) mass is 406 g/mol. The summed E-state index contributed by atoms with van der Waals surface area (Å²) in [5, 5.41) is 7.37. The molecule has 2 unspecified atom stereocenters. The van der Waals surface area contributed by atoms with E-state index in [1.165, 1.54) is 0 Å². The van der Waals surface area contributed by atoms with Crippen molar-refractivity contribution in [2.45, 2.75) is 88.4 Å². The molecule has 26 heavy (non-hydrogen) atoms. The number of rotatable bonds is 6. The Morgan fingerprint density at radius 3 is 1.31 bits per heavy atom. The third-order valence-corrected chi connectivity index (χ3v) is 10.5. The van der Waals surface area contributed by atoms with Gasteiger partial charge in [0.2, 0.25) is 0 Å². The van der Waals surface area contributed by atoms with Gasteiger partial charge in [0.05, 0.1) is 23.0 Å². The van der Waals surface area contributed by atoms with E-state index in [-0.39, 0.29) is 22.6 Å². The third kappa shape index (κ3) is 4.62. The van der Waals surface area contributed by atoms with Crippen LogP contribution >= 0.6 is 0 Å². The van der Waals surface area contributed by atoms with Crippen LogP contribution in [0.15, 0.2) is 0 Å². The zero-order valence-corrected chi connectivity index (χ0v) is 17.7. The van der Waals surface area contributed by atoms with Crippen molar-refractivity contribution >= 4 is 19.7 Å². The van der Waals surface area contributed by atoms with E-state index in [1.54, 1.807) is 0 Å². The van der Waals surface area contributed by atoms with Gasteiger partial charge in [0.15, 0.2) is 19.7 Å². The molecule has 0 aromatic carbocycles. The highest BCUT2D eigenvalue weighted by molar-refractivity contribution is 7.92. The number of hydrogen-bond acceptors (Lipinski definition) is 6. The van der Waals surface area contributed by atoms with Gasteiger partial charge in [-0.25, -0.2) is 16.8 Å². The minimum Gasteiger partial charge on any atom is -0.307 e. The first-order chi connectivity index (χ1) is 12.1. The number of sulfone groups is 2. The second-order valence-electron chi connectivity index (χ2n) is 8.79. The zero-order valence-electron chi connectivity index (χ0n) is 16.1. The van der Waals surface area contributed by atoms with E-state index in [0.717, 1.165) is 51.4 Å². The van der Waals surface area contributed by atoms with E-state index in [2.05, 4.69) is 24.5 Å². The fraction of sp³-hybridized carbons (Fsp3) is 1.00. The second kappa shape index (κ2) is 7.33. The second-order valence-corrected chi connectivity index (χ2v) is 13.2. The lowest BCUT2D eigenvalue weighted by Gasteiger charge is -2.40. The van der Waals surface area contributed by atoms with Gasteiger partial charge < -0.3 is 10.6 Å². The topological polar surface area (TPSA) is 92.3 Å². The first-order valence-corrected chi connectivity index (χ1v) is 13.7. The molecule has 1 saturated carbocycles. The average molecular weight is 407 g/mol. The van der Waals surface area contributed by atoms with Gasteiger partial charge in [0.1, 0.15) is 0 Å². The van der Waals surface area contributed by atoms with Gasteiger partial charge in [-0.15, -0.1) is 0 Å². The first-order valence-electron chi connectivity index (χ1n) is 10.1. The van der Waals surface area contributed by atoms with Crippen molar-refractivity contribution < 1.29 is 16.8 Å². The molecule has 0 aromatic rings. The molecule has 2 aliphatic heterocycles. The molecule has 2 heterocycles. The summed E-state index contributed by atoms with van der Waals surface area (Å²) in [6.07, 6.45) is 7.22. The SMILES string of the molecule is CCC1(NC2CCC(NC3(CC)CCS(=O)(=O)C3)CC2)CCS(=O)(=O)C1. The Balaban J connectivity index is 1.53. The van der Waals surface area contributed by atoms with Crippen LogP contribution in [0.5, 0.6) is 0 Å². The minimum atomic E-state index is -2.90. The van der Waals surface area contributed by atoms with Crippen molar-refractivity contribution in [3.05, 3.63) is 0 Å². The van der Waals surface area contributed by atoms with Crippen molar-refractivity contribution in [2.24, 2.45) is 0 Å². The van der Waals surface area contributed by atoms with Gasteiger partial charge in [0, 0.05) is 23.2 Å². The molecule has 6 nitrogen and oxygen atoms in total. The summed E-state index contributed by atoms with van der Waals surface area (Å²) >= 11 is 0. The molecular weight excluding hydrogens is 372 g/mol. The minimum absolute atomic E-state index is 0.242. The van der Waals surface area contributed by atoms with E-state index in [0.29, 0.717) is 23.6 Å². The van der Waals surface area contributed by atoms with E-state index in [9.17, 15) is 16.8 Å². The van der Waals surface area contributed by atoms with Gasteiger partial charge >= 0.3 is 0 Å². The molecule has 0 spiro atoms. The van der Waals surface area contributed by atoms with Crippen molar-refractivity contribution in [1.29, 1.82) is 0 Å². The van der Waals surface area contributed by atoms with Crippen LogP contribution in [0, 0.1) is 0 Å². The molecule has 3 aliphatic rings. The van der Waals surface area contributed by atoms with Crippen LogP contribution in [0.25, 0.3) is 0 Å². The molecule has 2 saturated heterocycles. The summed E-state index contributed by atoms with van der Waals surface area (Å²) in [5.41, 5.74) is -0.484. The summed E-state index contributed by atoms with van der Waals surface area (Å²) in [6, 6.07) is 0.734. The summed E-state index contributed by atoms with van der Waals surface area (Å²) in [5.74, 6) is 1.15. The van der Waals surface area contributed by atoms with Crippen LogP contribution in [0.1, 0.15) is 65.2 Å². The van der Waals surface area contributed by atoms with E-state index in [4.69, 9.17) is 0 Å². The normalized spacial score (nSPS) is 42.1. The summed E-state index contributed by atoms with van der Waals surface area (Å²) in [7, 11) is -5.80. The first kappa shape index (κ1) is 20.6. The molecular formula is C18H34N2O4S2. The Morgan fingerprint density at radius 2 is 1.08 bits per heavy atom. The summed E-state index contributed by atoms with van der Waals surface area (Å²) in [6.45, 7) is 4.15. The number of hydrogen-bond donors (Lipinski definition) is 2. The molecule has 3 fully saturated rings. The van der Waals surface area contributed by atoms with Crippen molar-refractivity contribution in [3.63, 3.8) is 0 Å². The highest BCUT2D eigenvalue weighted by atomic mass is 32.2. The van der Waals surface area contributed by atoms with Crippen LogP contribution in [-0.2, 0) is 19.7 Å². The maximum atomic E-state index is 11.9. The zero-order chi connectivity index (χ0) is 19.1. The van der Waals surface area contributed by atoms with E-state index in [1.807, 2.05) is 0 Å². The fourth-order valence-corrected chi connectivity index (χ4v) is 9.31. The summed E-state index contributed by atoms with van der Waals surface area (Å²) in [4.78, 5) is 0. The van der Waals surface area contributed by atoms with Gasteiger partial charge in [-0.1, -0.05) is 13.8 Å².